The Kier molecular flexibility index (Phi) is 14.7. The van der Waals surface area contributed by atoms with Crippen LogP contribution in [0.4, 0.5) is 5.69 Å². The van der Waals surface area contributed by atoms with Crippen molar-refractivity contribution in [1.29, 1.82) is 0 Å². The maximum absolute atomic E-state index is 13.2. The second kappa shape index (κ2) is 19.6. The van der Waals surface area contributed by atoms with Gasteiger partial charge in [-0.15, -0.1) is 0 Å². The zero-order chi connectivity index (χ0) is 35.7. The van der Waals surface area contributed by atoms with Crippen LogP contribution < -0.4 is 19.7 Å². The van der Waals surface area contributed by atoms with Crippen LogP contribution in [0.3, 0.4) is 0 Å². The summed E-state index contributed by atoms with van der Waals surface area (Å²) >= 11 is 0. The minimum Gasteiger partial charge on any atom is -0.494 e. The number of amides is 1. The molecule has 50 heavy (non-hydrogen) atoms. The van der Waals surface area contributed by atoms with E-state index in [1.807, 2.05) is 79.7 Å². The Morgan fingerprint density at radius 3 is 2.12 bits per heavy atom. The van der Waals surface area contributed by atoms with Gasteiger partial charge >= 0.3 is 11.9 Å². The zero-order valence-corrected chi connectivity index (χ0v) is 29.0. The lowest BCUT2D eigenvalue weighted by Gasteiger charge is -2.15. The first-order valence-electron chi connectivity index (χ1n) is 17.2. The predicted octanol–water partition coefficient (Wildman–Crippen LogP) is 7.79. The lowest BCUT2D eigenvalue weighted by molar-refractivity contribution is -0.138. The highest BCUT2D eigenvalue weighted by molar-refractivity contribution is 5.96. The summed E-state index contributed by atoms with van der Waals surface area (Å²) in [6, 6.07) is 29.4. The molecule has 0 saturated heterocycles. The largest absolute Gasteiger partial charge is 0.494 e. The molecule has 4 aromatic rings. The summed E-state index contributed by atoms with van der Waals surface area (Å²) in [7, 11) is 4.00. The summed E-state index contributed by atoms with van der Waals surface area (Å²) in [6.45, 7) is 1.21. The first kappa shape index (κ1) is 37.5. The molecule has 0 fully saturated rings. The van der Waals surface area contributed by atoms with E-state index in [4.69, 9.17) is 14.6 Å². The molecule has 1 amide bonds. The molecule has 3 N–H and O–H groups in total. The first-order chi connectivity index (χ1) is 24.2. The van der Waals surface area contributed by atoms with E-state index in [2.05, 4.69) is 29.6 Å². The van der Waals surface area contributed by atoms with Crippen molar-refractivity contribution in [1.82, 2.24) is 5.32 Å². The van der Waals surface area contributed by atoms with Crippen LogP contribution in [-0.4, -0.2) is 55.4 Å². The summed E-state index contributed by atoms with van der Waals surface area (Å²) in [5.74, 6) is -0.629. The lowest BCUT2D eigenvalue weighted by atomic mass is 9.97. The molecule has 0 aromatic heterocycles. The van der Waals surface area contributed by atoms with Gasteiger partial charge in [0, 0.05) is 44.7 Å². The molecule has 0 unspecified atom stereocenters. The Balaban J connectivity index is 1.33. The highest BCUT2D eigenvalue weighted by Gasteiger charge is 2.14. The van der Waals surface area contributed by atoms with Gasteiger partial charge < -0.3 is 29.9 Å². The van der Waals surface area contributed by atoms with E-state index in [0.717, 1.165) is 65.6 Å². The van der Waals surface area contributed by atoms with E-state index in [0.29, 0.717) is 43.1 Å². The van der Waals surface area contributed by atoms with Crippen molar-refractivity contribution in [3.05, 3.63) is 113 Å². The average molecular weight is 681 g/mol. The standard InChI is InChI=1S/C41H48N2O7/c1-43(2)35-20-18-31(19-21-35)33-26-34(41(48)42-29-30-12-6-5-7-13-30)28-36(27-33)49-24-9-4-3-8-14-32-15-10-16-38(37(32)22-23-40(46)47)50-25-11-17-39(44)45/h5-7,10,12-13,15-16,18-21,26-28H,3-4,8-9,11,14,17,22-25,29H2,1-2H3,(H,42,48)(H,44,45)(H,46,47). The van der Waals surface area contributed by atoms with E-state index in [-0.39, 0.29) is 25.4 Å². The number of ether oxygens (including phenoxy) is 2. The second-order valence-corrected chi connectivity index (χ2v) is 12.5. The molecule has 0 atom stereocenters. The Bertz CT molecular complexity index is 1690. The van der Waals surface area contributed by atoms with Crippen LogP contribution in [0.25, 0.3) is 11.1 Å². The maximum atomic E-state index is 13.2. The van der Waals surface area contributed by atoms with Crippen LogP contribution in [0.2, 0.25) is 0 Å². The SMILES string of the molecule is CN(C)c1ccc(-c2cc(OCCCCCCc3cccc(OCCCC(=O)O)c3CCC(=O)O)cc(C(=O)NCc3ccccc3)c2)cc1. The molecule has 0 heterocycles. The fraction of sp³-hybridized carbons (Fsp3) is 0.341. The molecule has 264 valence electrons. The average Bonchev–Trinajstić information content (AvgIpc) is 3.11. The van der Waals surface area contributed by atoms with Crippen molar-refractivity contribution < 1.29 is 34.1 Å². The van der Waals surface area contributed by atoms with Gasteiger partial charge in [-0.1, -0.05) is 67.4 Å². The number of carboxylic acid groups (broad SMARTS) is 2. The summed E-state index contributed by atoms with van der Waals surface area (Å²) in [5.41, 5.74) is 6.50. The number of benzene rings is 4. The quantitative estimate of drug-likeness (QED) is 0.0762. The molecule has 9 nitrogen and oxygen atoms in total. The number of nitrogens with one attached hydrogen (secondary N) is 1. The highest BCUT2D eigenvalue weighted by atomic mass is 16.5. The van der Waals surface area contributed by atoms with Crippen molar-refractivity contribution in [3.8, 4) is 22.6 Å². The van der Waals surface area contributed by atoms with E-state index < -0.39 is 11.9 Å². The Morgan fingerprint density at radius 2 is 1.40 bits per heavy atom. The van der Waals surface area contributed by atoms with E-state index >= 15 is 0 Å². The smallest absolute Gasteiger partial charge is 0.303 e. The van der Waals surface area contributed by atoms with Gasteiger partial charge in [0.15, 0.2) is 0 Å². The molecule has 0 bridgehead atoms. The molecule has 0 aliphatic heterocycles. The maximum Gasteiger partial charge on any atom is 0.303 e. The summed E-state index contributed by atoms with van der Waals surface area (Å²) in [4.78, 5) is 37.4. The second-order valence-electron chi connectivity index (χ2n) is 12.5. The van der Waals surface area contributed by atoms with Crippen LogP contribution in [0.15, 0.2) is 91.0 Å². The molecule has 4 aromatic carbocycles. The molecule has 0 saturated carbocycles. The number of aryl methyl sites for hydroxylation is 1. The summed E-state index contributed by atoms with van der Waals surface area (Å²) in [5, 5.41) is 21.2. The number of hydrogen-bond acceptors (Lipinski definition) is 6. The number of aliphatic carboxylic acids is 2. The van der Waals surface area contributed by atoms with Crippen LogP contribution in [0, 0.1) is 0 Å². The van der Waals surface area contributed by atoms with Crippen LogP contribution in [0.1, 0.15) is 72.0 Å². The number of anilines is 1. The molecule has 4 rings (SSSR count). The monoisotopic (exact) mass is 680 g/mol. The van der Waals surface area contributed by atoms with Crippen molar-refractivity contribution in [3.63, 3.8) is 0 Å². The summed E-state index contributed by atoms with van der Waals surface area (Å²) in [6.07, 6.45) is 5.24. The van der Waals surface area contributed by atoms with Crippen molar-refractivity contribution in [2.24, 2.45) is 0 Å². The van der Waals surface area contributed by atoms with Gasteiger partial charge in [-0.3, -0.25) is 14.4 Å². The van der Waals surface area contributed by atoms with Crippen molar-refractivity contribution in [2.45, 2.75) is 64.3 Å². The van der Waals surface area contributed by atoms with Gasteiger partial charge in [-0.05, 0) is 96.3 Å². The fourth-order valence-electron chi connectivity index (χ4n) is 5.68. The molecule has 9 heteroatoms. The molecule has 0 aliphatic rings. The van der Waals surface area contributed by atoms with Crippen molar-refractivity contribution in [2.75, 3.05) is 32.2 Å². The number of hydrogen-bond donors (Lipinski definition) is 3. The molecule has 0 spiro atoms. The summed E-state index contributed by atoms with van der Waals surface area (Å²) < 4.78 is 12.1. The number of nitrogens with zero attached hydrogens (tertiary/aromatic N) is 1. The Labute approximate surface area is 294 Å². The Morgan fingerprint density at radius 1 is 0.680 bits per heavy atom. The van der Waals surface area contributed by atoms with Gasteiger partial charge in [0.1, 0.15) is 11.5 Å². The molecular weight excluding hydrogens is 632 g/mol. The van der Waals surface area contributed by atoms with Crippen molar-refractivity contribution >= 4 is 23.5 Å². The van der Waals surface area contributed by atoms with Gasteiger partial charge in [-0.2, -0.15) is 0 Å². The van der Waals surface area contributed by atoms with Gasteiger partial charge in [0.2, 0.25) is 0 Å². The third-order valence-corrected chi connectivity index (χ3v) is 8.40. The van der Waals surface area contributed by atoms with E-state index in [1.54, 1.807) is 6.07 Å². The lowest BCUT2D eigenvalue weighted by Crippen LogP contribution is -2.22. The molecule has 0 radical (unpaired) electrons. The Hall–Kier alpha value is -5.31. The molecule has 0 aliphatic carbocycles. The van der Waals surface area contributed by atoms with Gasteiger partial charge in [-0.25, -0.2) is 0 Å². The van der Waals surface area contributed by atoms with E-state index in [9.17, 15) is 19.5 Å². The van der Waals surface area contributed by atoms with Crippen LogP contribution >= 0.6 is 0 Å². The molecular formula is C41H48N2O7. The number of rotatable bonds is 21. The third kappa shape index (κ3) is 12.3. The van der Waals surface area contributed by atoms with Gasteiger partial charge in [0.25, 0.3) is 5.91 Å². The number of carbonyl (C=O) groups is 3. The van der Waals surface area contributed by atoms with Crippen LogP contribution in [-0.2, 0) is 29.0 Å². The normalized spacial score (nSPS) is 10.8. The number of carbonyl (C=O) groups excluding carboxylic acids is 1. The number of carboxylic acids is 2. The minimum atomic E-state index is -0.871. The zero-order valence-electron chi connectivity index (χ0n) is 29.0. The highest BCUT2D eigenvalue weighted by Crippen LogP contribution is 2.29. The van der Waals surface area contributed by atoms with Gasteiger partial charge in [0.05, 0.1) is 13.2 Å². The van der Waals surface area contributed by atoms with Crippen LogP contribution in [0.5, 0.6) is 11.5 Å². The topological polar surface area (TPSA) is 125 Å². The van der Waals surface area contributed by atoms with E-state index in [1.165, 1.54) is 0 Å². The fourth-order valence-corrected chi connectivity index (χ4v) is 5.68. The number of unbranched alkanes of at least 4 members (excludes halogenated alkanes) is 3. The first-order valence-corrected chi connectivity index (χ1v) is 17.2. The minimum absolute atomic E-state index is 0.00116. The third-order valence-electron chi connectivity index (χ3n) is 8.40. The predicted molar refractivity (Wildman–Crippen MR) is 196 cm³/mol.